The van der Waals surface area contributed by atoms with E-state index in [2.05, 4.69) is 58.9 Å². The molecule has 0 bridgehead atoms. The van der Waals surface area contributed by atoms with Crippen LogP contribution in [0.25, 0.3) is 49.6 Å². The van der Waals surface area contributed by atoms with E-state index < -0.39 is 0 Å². The summed E-state index contributed by atoms with van der Waals surface area (Å²) in [5, 5.41) is 4.42. The van der Waals surface area contributed by atoms with Crippen LogP contribution >= 0.6 is 0 Å². The first-order valence-electron chi connectivity index (χ1n) is 12.4. The summed E-state index contributed by atoms with van der Waals surface area (Å²) in [6.07, 6.45) is 3.83. The Morgan fingerprint density at radius 2 is 1.30 bits per heavy atom. The van der Waals surface area contributed by atoms with Gasteiger partial charge in [0.25, 0.3) is 0 Å². The van der Waals surface area contributed by atoms with Crippen LogP contribution in [0.4, 0.5) is 5.69 Å². The van der Waals surface area contributed by atoms with Crippen molar-refractivity contribution in [1.29, 1.82) is 0 Å². The van der Waals surface area contributed by atoms with Crippen molar-refractivity contribution in [2.24, 2.45) is 4.99 Å². The van der Waals surface area contributed by atoms with Gasteiger partial charge in [-0.15, -0.1) is 0 Å². The molecular weight excluding hydrogens is 460 g/mol. The maximum Gasteiger partial charge on any atom is 0.180 e. The summed E-state index contributed by atoms with van der Waals surface area (Å²) in [5.41, 5.74) is 5.65. The van der Waals surface area contributed by atoms with E-state index in [4.69, 9.17) is 18.8 Å². The van der Waals surface area contributed by atoms with E-state index >= 15 is 0 Å². The van der Waals surface area contributed by atoms with E-state index in [9.17, 15) is 0 Å². The lowest BCUT2D eigenvalue weighted by Gasteiger charge is -2.21. The van der Waals surface area contributed by atoms with Crippen molar-refractivity contribution in [2.45, 2.75) is 13.0 Å². The van der Waals surface area contributed by atoms with Gasteiger partial charge in [0, 0.05) is 51.9 Å². The van der Waals surface area contributed by atoms with Gasteiger partial charge in [-0.25, -0.2) is 4.98 Å². The van der Waals surface area contributed by atoms with Gasteiger partial charge in [0.2, 0.25) is 0 Å². The highest BCUT2D eigenvalue weighted by molar-refractivity contribution is 6.12. The Kier molecular flexibility index (Phi) is 4.17. The average molecular weight is 483 g/mol. The fourth-order valence-corrected chi connectivity index (χ4v) is 5.50. The number of furan rings is 2. The van der Waals surface area contributed by atoms with E-state index in [1.165, 1.54) is 0 Å². The van der Waals surface area contributed by atoms with Gasteiger partial charge in [0.15, 0.2) is 11.7 Å². The Morgan fingerprint density at radius 3 is 2.00 bits per heavy atom. The molecule has 0 fully saturated rings. The van der Waals surface area contributed by atoms with Crippen molar-refractivity contribution in [3.8, 4) is 5.69 Å². The number of benzene rings is 4. The van der Waals surface area contributed by atoms with Gasteiger partial charge in [-0.05, 0) is 55.5 Å². The van der Waals surface area contributed by atoms with Gasteiger partial charge in [-0.1, -0.05) is 36.4 Å². The van der Waals surface area contributed by atoms with Crippen LogP contribution in [0.5, 0.6) is 0 Å². The van der Waals surface area contributed by atoms with Crippen LogP contribution in [-0.4, -0.2) is 28.0 Å². The van der Waals surface area contributed by atoms with Crippen LogP contribution in [0.3, 0.4) is 0 Å². The smallest absolute Gasteiger partial charge is 0.180 e. The molecule has 0 N–H and O–H groups in total. The normalized spacial score (nSPS) is 16.0. The second-order valence-corrected chi connectivity index (χ2v) is 9.59. The number of para-hydroxylation sites is 2. The molecule has 6 heteroatoms. The number of rotatable bonds is 3. The molecule has 178 valence electrons. The number of anilines is 1. The minimum atomic E-state index is 0.150. The molecule has 6 nitrogen and oxygen atoms in total. The van der Waals surface area contributed by atoms with Crippen LogP contribution in [0.2, 0.25) is 0 Å². The van der Waals surface area contributed by atoms with Crippen molar-refractivity contribution in [1.82, 2.24) is 9.55 Å². The molecule has 1 atom stereocenters. The molecule has 3 aromatic heterocycles. The zero-order valence-electron chi connectivity index (χ0n) is 20.1. The van der Waals surface area contributed by atoms with Crippen molar-refractivity contribution in [2.75, 3.05) is 11.4 Å². The number of imidazole rings is 1. The molecule has 8 rings (SSSR count). The third kappa shape index (κ3) is 3.05. The van der Waals surface area contributed by atoms with Crippen molar-refractivity contribution in [3.05, 3.63) is 103 Å². The van der Waals surface area contributed by atoms with E-state index in [0.29, 0.717) is 0 Å². The summed E-state index contributed by atoms with van der Waals surface area (Å²) >= 11 is 0. The van der Waals surface area contributed by atoms with Gasteiger partial charge < -0.3 is 13.7 Å². The van der Waals surface area contributed by atoms with E-state index in [1.807, 2.05) is 54.9 Å². The van der Waals surface area contributed by atoms with Crippen LogP contribution < -0.4 is 4.90 Å². The second kappa shape index (κ2) is 7.58. The predicted octanol–water partition coefficient (Wildman–Crippen LogP) is 7.33. The standard InChI is InChI=1S/C31H22N4O2/c1-19-18-35(21-11-13-29-25(17-21)23-7-3-5-9-27(23)37-29)31(33-19)30-32-14-15-34(30)20-10-12-28-24(16-20)22-6-2-4-8-26(22)36-28/h2-17,19H,18H2,1H3. The van der Waals surface area contributed by atoms with Crippen molar-refractivity contribution < 1.29 is 8.83 Å². The first-order chi connectivity index (χ1) is 18.2. The quantitative estimate of drug-likeness (QED) is 0.265. The zero-order valence-corrected chi connectivity index (χ0v) is 20.1. The molecule has 0 spiro atoms. The molecule has 4 aromatic carbocycles. The van der Waals surface area contributed by atoms with E-state index in [1.54, 1.807) is 0 Å². The molecule has 1 aliphatic heterocycles. The molecule has 4 heterocycles. The van der Waals surface area contributed by atoms with Crippen LogP contribution in [0.15, 0.2) is 111 Å². The average Bonchev–Trinajstić information content (AvgIpc) is 3.70. The lowest BCUT2D eigenvalue weighted by Crippen LogP contribution is -2.31. The summed E-state index contributed by atoms with van der Waals surface area (Å²) in [6.45, 7) is 2.93. The highest BCUT2D eigenvalue weighted by Gasteiger charge is 2.29. The number of hydrogen-bond acceptors (Lipinski definition) is 5. The maximum atomic E-state index is 6.05. The zero-order chi connectivity index (χ0) is 24.5. The Bertz CT molecular complexity index is 2010. The molecule has 7 aromatic rings. The minimum Gasteiger partial charge on any atom is -0.456 e. The molecule has 1 unspecified atom stereocenters. The Balaban J connectivity index is 1.24. The van der Waals surface area contributed by atoms with Crippen LogP contribution in [0, 0.1) is 0 Å². The topological polar surface area (TPSA) is 59.7 Å². The predicted molar refractivity (Wildman–Crippen MR) is 148 cm³/mol. The Morgan fingerprint density at radius 1 is 0.703 bits per heavy atom. The number of fused-ring (bicyclic) bond motifs is 6. The fraction of sp³-hybridized carbons (Fsp3) is 0.0968. The maximum absolute atomic E-state index is 6.05. The van der Waals surface area contributed by atoms with Gasteiger partial charge in [-0.2, -0.15) is 0 Å². The molecule has 1 aliphatic rings. The Hall–Kier alpha value is -4.84. The summed E-state index contributed by atoms with van der Waals surface area (Å²) in [7, 11) is 0. The molecule has 0 radical (unpaired) electrons. The number of hydrogen-bond donors (Lipinski definition) is 0. The van der Waals surface area contributed by atoms with Gasteiger partial charge in [0.05, 0.1) is 6.04 Å². The molecule has 37 heavy (non-hydrogen) atoms. The third-order valence-corrected chi connectivity index (χ3v) is 7.20. The Labute approximate surface area is 212 Å². The van der Waals surface area contributed by atoms with Gasteiger partial charge in [-0.3, -0.25) is 9.56 Å². The van der Waals surface area contributed by atoms with Gasteiger partial charge in [0.1, 0.15) is 22.3 Å². The van der Waals surface area contributed by atoms with Crippen molar-refractivity contribution >= 4 is 55.4 Å². The first kappa shape index (κ1) is 20.4. The SMILES string of the molecule is CC1CN(c2ccc3oc4ccccc4c3c2)C(c2nccn2-c2ccc3oc4ccccc4c3c2)=N1. The lowest BCUT2D eigenvalue weighted by atomic mass is 10.1. The van der Waals surface area contributed by atoms with E-state index in [-0.39, 0.29) is 6.04 Å². The highest BCUT2D eigenvalue weighted by Crippen LogP contribution is 2.34. The molecule has 0 aliphatic carbocycles. The number of amidine groups is 1. The van der Waals surface area contributed by atoms with E-state index in [0.717, 1.165) is 73.5 Å². The second-order valence-electron chi connectivity index (χ2n) is 9.59. The first-order valence-corrected chi connectivity index (χ1v) is 12.4. The summed E-state index contributed by atoms with van der Waals surface area (Å²) in [4.78, 5) is 12.1. The summed E-state index contributed by atoms with van der Waals surface area (Å²) in [6, 6.07) is 29.1. The number of aromatic nitrogens is 2. The lowest BCUT2D eigenvalue weighted by molar-refractivity contribution is 0.668. The monoisotopic (exact) mass is 482 g/mol. The summed E-state index contributed by atoms with van der Waals surface area (Å²) < 4.78 is 14.2. The van der Waals surface area contributed by atoms with Crippen LogP contribution in [0.1, 0.15) is 12.7 Å². The molecule has 0 saturated carbocycles. The third-order valence-electron chi connectivity index (χ3n) is 7.20. The largest absolute Gasteiger partial charge is 0.456 e. The summed E-state index contributed by atoms with van der Waals surface area (Å²) in [5.74, 6) is 1.68. The number of aliphatic imine (C=N–C) groups is 1. The minimum absolute atomic E-state index is 0.150. The van der Waals surface area contributed by atoms with Crippen molar-refractivity contribution in [3.63, 3.8) is 0 Å². The number of nitrogens with zero attached hydrogens (tertiary/aromatic N) is 4. The van der Waals surface area contributed by atoms with Crippen LogP contribution in [-0.2, 0) is 0 Å². The molecular formula is C31H22N4O2. The van der Waals surface area contributed by atoms with Gasteiger partial charge >= 0.3 is 0 Å². The fourth-order valence-electron chi connectivity index (χ4n) is 5.50. The highest BCUT2D eigenvalue weighted by atomic mass is 16.3. The molecule has 0 amide bonds. The molecule has 0 saturated heterocycles.